The predicted octanol–water partition coefficient (Wildman–Crippen LogP) is 5.95. The minimum Gasteiger partial charge on any atom is -0.278 e. The van der Waals surface area contributed by atoms with Gasteiger partial charge in [-0.15, -0.1) is 0 Å². The average Bonchev–Trinajstić information content (AvgIpc) is 2.98. The van der Waals surface area contributed by atoms with E-state index >= 15 is 0 Å². The zero-order chi connectivity index (χ0) is 17.8. The van der Waals surface area contributed by atoms with Crippen LogP contribution in [0.25, 0.3) is 0 Å². The Morgan fingerprint density at radius 3 is 2.28 bits per heavy atom. The first-order valence-corrected chi connectivity index (χ1v) is 8.85. The Morgan fingerprint density at radius 2 is 1.68 bits per heavy atom. The van der Waals surface area contributed by atoms with Gasteiger partial charge in [-0.2, -0.15) is 5.10 Å². The second kappa shape index (κ2) is 7.52. The van der Waals surface area contributed by atoms with Crippen LogP contribution in [0.1, 0.15) is 35.6 Å². The summed E-state index contributed by atoms with van der Waals surface area (Å²) in [5.41, 5.74) is 11.8. The number of nitrogens with zero attached hydrogens (tertiary/aromatic N) is 1. The van der Waals surface area contributed by atoms with Crippen LogP contribution in [0.2, 0.25) is 0 Å². The third kappa shape index (κ3) is 4.08. The van der Waals surface area contributed by atoms with Crippen LogP contribution in [0, 0.1) is 26.7 Å². The van der Waals surface area contributed by atoms with Crippen molar-refractivity contribution in [3.8, 4) is 0 Å². The summed E-state index contributed by atoms with van der Waals surface area (Å²) in [5, 5.41) is 4.82. The average molecular weight is 330 g/mol. The molecule has 2 heteroatoms. The number of hydrogen-bond acceptors (Lipinski definition) is 2. The highest BCUT2D eigenvalue weighted by Crippen LogP contribution is 2.26. The number of allylic oxidation sites excluding steroid dienone is 4. The molecule has 2 aromatic carbocycles. The van der Waals surface area contributed by atoms with Gasteiger partial charge in [0.15, 0.2) is 0 Å². The molecule has 0 radical (unpaired) electrons. The van der Waals surface area contributed by atoms with Crippen LogP contribution in [0.4, 0.5) is 5.69 Å². The highest BCUT2D eigenvalue weighted by atomic mass is 15.3. The number of hydrazone groups is 1. The molecule has 1 atom stereocenters. The molecule has 2 nitrogen and oxygen atoms in total. The molecule has 3 rings (SSSR count). The summed E-state index contributed by atoms with van der Waals surface area (Å²) < 4.78 is 0. The number of hydrogen-bond donors (Lipinski definition) is 1. The molecule has 0 aliphatic heterocycles. The van der Waals surface area contributed by atoms with E-state index in [1.54, 1.807) is 0 Å². The van der Waals surface area contributed by atoms with Crippen LogP contribution < -0.4 is 5.43 Å². The number of benzene rings is 2. The molecule has 0 heterocycles. The summed E-state index contributed by atoms with van der Waals surface area (Å²) in [5.74, 6) is 0.431. The Kier molecular flexibility index (Phi) is 5.18. The Hall–Kier alpha value is -2.61. The van der Waals surface area contributed by atoms with E-state index < -0.39 is 0 Å². The van der Waals surface area contributed by atoms with E-state index in [9.17, 15) is 0 Å². The van der Waals surface area contributed by atoms with Gasteiger partial charge in [0.1, 0.15) is 0 Å². The summed E-state index contributed by atoms with van der Waals surface area (Å²) in [7, 11) is 0. The SMILES string of the molecule is CC1=CC=CC1CC(=NNc1c(C)cc(C)cc1C)c1ccccc1. The van der Waals surface area contributed by atoms with Crippen LogP contribution in [0.5, 0.6) is 0 Å². The third-order valence-corrected chi connectivity index (χ3v) is 4.79. The van der Waals surface area contributed by atoms with Crippen LogP contribution in [0.3, 0.4) is 0 Å². The van der Waals surface area contributed by atoms with E-state index in [-0.39, 0.29) is 0 Å². The lowest BCUT2D eigenvalue weighted by molar-refractivity contribution is 0.813. The fraction of sp³-hybridized carbons (Fsp3) is 0.261. The smallest absolute Gasteiger partial charge is 0.0688 e. The van der Waals surface area contributed by atoms with Crippen molar-refractivity contribution in [3.63, 3.8) is 0 Å². The van der Waals surface area contributed by atoms with Crippen molar-refractivity contribution in [2.75, 3.05) is 5.43 Å². The van der Waals surface area contributed by atoms with E-state index in [1.165, 1.54) is 27.8 Å². The molecule has 0 amide bonds. The standard InChI is InChI=1S/C23H26N2/c1-16-13-18(3)23(19(4)14-16)25-24-22(20-10-6-5-7-11-20)15-21-12-8-9-17(21)2/h5-14,21,25H,15H2,1-4H3. The summed E-state index contributed by atoms with van der Waals surface area (Å²) >= 11 is 0. The van der Waals surface area contributed by atoms with Crippen LogP contribution in [-0.2, 0) is 0 Å². The lowest BCUT2D eigenvalue weighted by atomic mass is 9.94. The van der Waals surface area contributed by atoms with Crippen molar-refractivity contribution < 1.29 is 0 Å². The highest BCUT2D eigenvalue weighted by Gasteiger charge is 2.15. The molecule has 0 saturated heterocycles. The van der Waals surface area contributed by atoms with Crippen molar-refractivity contribution in [2.45, 2.75) is 34.1 Å². The molecule has 1 aliphatic carbocycles. The molecule has 0 spiro atoms. The molecular weight excluding hydrogens is 304 g/mol. The van der Waals surface area contributed by atoms with Crippen LogP contribution in [0.15, 0.2) is 71.4 Å². The quantitative estimate of drug-likeness (QED) is 0.531. The zero-order valence-corrected chi connectivity index (χ0v) is 15.5. The largest absolute Gasteiger partial charge is 0.278 e. The first-order valence-electron chi connectivity index (χ1n) is 8.85. The van der Waals surface area contributed by atoms with Gasteiger partial charge in [0.2, 0.25) is 0 Å². The van der Waals surface area contributed by atoms with E-state index in [2.05, 4.69) is 87.7 Å². The Balaban J connectivity index is 1.90. The maximum absolute atomic E-state index is 4.82. The van der Waals surface area contributed by atoms with Crippen molar-refractivity contribution in [2.24, 2.45) is 11.0 Å². The topological polar surface area (TPSA) is 24.4 Å². The zero-order valence-electron chi connectivity index (χ0n) is 15.5. The van der Waals surface area contributed by atoms with Gasteiger partial charge in [0.25, 0.3) is 0 Å². The third-order valence-electron chi connectivity index (χ3n) is 4.79. The number of rotatable bonds is 5. The van der Waals surface area contributed by atoms with Crippen molar-refractivity contribution in [3.05, 3.63) is 88.5 Å². The summed E-state index contributed by atoms with van der Waals surface area (Å²) in [6.07, 6.45) is 7.50. The van der Waals surface area contributed by atoms with Gasteiger partial charge in [-0.1, -0.05) is 71.8 Å². The summed E-state index contributed by atoms with van der Waals surface area (Å²) in [6.45, 7) is 8.58. The fourth-order valence-corrected chi connectivity index (χ4v) is 3.39. The maximum Gasteiger partial charge on any atom is 0.0688 e. The molecular formula is C23H26N2. The molecule has 0 saturated carbocycles. The minimum absolute atomic E-state index is 0.431. The fourth-order valence-electron chi connectivity index (χ4n) is 3.39. The van der Waals surface area contributed by atoms with Gasteiger partial charge < -0.3 is 0 Å². The van der Waals surface area contributed by atoms with Gasteiger partial charge >= 0.3 is 0 Å². The van der Waals surface area contributed by atoms with Crippen LogP contribution >= 0.6 is 0 Å². The summed E-state index contributed by atoms with van der Waals surface area (Å²) in [4.78, 5) is 0. The number of nitrogens with one attached hydrogen (secondary N) is 1. The first-order chi connectivity index (χ1) is 12.0. The van der Waals surface area contributed by atoms with Crippen molar-refractivity contribution >= 4 is 11.4 Å². The highest BCUT2D eigenvalue weighted by molar-refractivity contribution is 6.01. The molecule has 25 heavy (non-hydrogen) atoms. The first kappa shape index (κ1) is 17.2. The summed E-state index contributed by atoms with van der Waals surface area (Å²) in [6, 6.07) is 14.8. The molecule has 1 unspecified atom stereocenters. The maximum atomic E-state index is 4.82. The van der Waals surface area contributed by atoms with Gasteiger partial charge in [0.05, 0.1) is 11.4 Å². The molecule has 1 aliphatic rings. The molecule has 2 aromatic rings. The number of anilines is 1. The second-order valence-corrected chi connectivity index (χ2v) is 6.92. The van der Waals surface area contributed by atoms with Gasteiger partial charge in [-0.05, 0) is 44.4 Å². The molecule has 0 aromatic heterocycles. The van der Waals surface area contributed by atoms with Crippen molar-refractivity contribution in [1.29, 1.82) is 0 Å². The normalized spacial score (nSPS) is 16.9. The van der Waals surface area contributed by atoms with E-state index in [4.69, 9.17) is 5.10 Å². The molecule has 128 valence electrons. The van der Waals surface area contributed by atoms with Crippen molar-refractivity contribution in [1.82, 2.24) is 0 Å². The molecule has 0 fully saturated rings. The van der Waals surface area contributed by atoms with Gasteiger partial charge in [-0.25, -0.2) is 0 Å². The molecule has 1 N–H and O–H groups in total. The Bertz CT molecular complexity index is 819. The van der Waals surface area contributed by atoms with E-state index in [0.29, 0.717) is 5.92 Å². The lowest BCUT2D eigenvalue weighted by Crippen LogP contribution is -2.11. The second-order valence-electron chi connectivity index (χ2n) is 6.92. The van der Waals surface area contributed by atoms with Gasteiger partial charge in [-0.3, -0.25) is 5.43 Å². The minimum atomic E-state index is 0.431. The molecule has 0 bridgehead atoms. The number of aryl methyl sites for hydroxylation is 3. The monoisotopic (exact) mass is 330 g/mol. The van der Waals surface area contributed by atoms with E-state index in [0.717, 1.165) is 17.8 Å². The van der Waals surface area contributed by atoms with E-state index in [1.807, 2.05) is 6.07 Å². The Morgan fingerprint density at radius 1 is 1.00 bits per heavy atom. The van der Waals surface area contributed by atoms with Crippen LogP contribution in [-0.4, -0.2) is 5.71 Å². The lowest BCUT2D eigenvalue weighted by Gasteiger charge is -2.15. The predicted molar refractivity (Wildman–Crippen MR) is 108 cm³/mol. The van der Waals surface area contributed by atoms with Gasteiger partial charge in [0, 0.05) is 12.3 Å². The Labute approximate surface area is 151 Å².